The van der Waals surface area contributed by atoms with Crippen LogP contribution in [0.2, 0.25) is 5.02 Å². The zero-order valence-corrected chi connectivity index (χ0v) is 12.3. The van der Waals surface area contributed by atoms with Crippen LogP contribution >= 0.6 is 23.4 Å². The molecule has 0 spiro atoms. The number of aryl methyl sites for hydroxylation is 1. The molecule has 1 heterocycles. The Labute approximate surface area is 122 Å². The molecule has 2 aromatic rings. The lowest BCUT2D eigenvalue weighted by Crippen LogP contribution is -1.97. The summed E-state index contributed by atoms with van der Waals surface area (Å²) >= 11 is 7.70. The van der Waals surface area contributed by atoms with Gasteiger partial charge in [0.1, 0.15) is 11.1 Å². The molecule has 0 aliphatic carbocycles. The second-order valence-electron chi connectivity index (χ2n) is 4.20. The molecule has 0 radical (unpaired) electrons. The first-order valence-electron chi connectivity index (χ1n) is 5.87. The lowest BCUT2D eigenvalue weighted by Gasteiger charge is -2.09. The second kappa shape index (κ2) is 6.10. The molecular formula is C15H13ClN2S. The third kappa shape index (κ3) is 3.09. The Kier molecular flexibility index (Phi) is 4.47. The van der Waals surface area contributed by atoms with Gasteiger partial charge in [-0.15, -0.1) is 11.8 Å². The van der Waals surface area contributed by atoms with Gasteiger partial charge in [-0.25, -0.2) is 4.98 Å². The van der Waals surface area contributed by atoms with E-state index in [9.17, 15) is 5.26 Å². The van der Waals surface area contributed by atoms with Crippen LogP contribution in [0.3, 0.4) is 0 Å². The second-order valence-corrected chi connectivity index (χ2v) is 5.54. The summed E-state index contributed by atoms with van der Waals surface area (Å²) in [7, 11) is 0. The number of thioether (sulfide) groups is 1. The molecule has 1 aromatic heterocycles. The molecule has 2 rings (SSSR count). The van der Waals surface area contributed by atoms with Crippen LogP contribution in [0.15, 0.2) is 35.4 Å². The number of pyridine rings is 1. The standard InChI is InChI=1S/C15H13ClN2S/c1-10-13(8-17)15(18-11(2)14(10)16)19-9-12-6-4-3-5-7-12/h3-7H,9H2,1-2H3. The van der Waals surface area contributed by atoms with Gasteiger partial charge in [-0.05, 0) is 25.0 Å². The quantitative estimate of drug-likeness (QED) is 0.779. The SMILES string of the molecule is Cc1nc(SCc2ccccc2)c(C#N)c(C)c1Cl. The monoisotopic (exact) mass is 288 g/mol. The number of hydrogen-bond donors (Lipinski definition) is 0. The number of nitrogens with zero attached hydrogens (tertiary/aromatic N) is 2. The van der Waals surface area contributed by atoms with E-state index in [-0.39, 0.29) is 0 Å². The smallest absolute Gasteiger partial charge is 0.115 e. The Morgan fingerprint density at radius 2 is 1.95 bits per heavy atom. The average Bonchev–Trinajstić information content (AvgIpc) is 2.44. The van der Waals surface area contributed by atoms with Crippen molar-refractivity contribution in [3.63, 3.8) is 0 Å². The lowest BCUT2D eigenvalue weighted by molar-refractivity contribution is 1.03. The summed E-state index contributed by atoms with van der Waals surface area (Å²) in [6.45, 7) is 3.73. The van der Waals surface area contributed by atoms with Crippen molar-refractivity contribution in [1.82, 2.24) is 4.98 Å². The minimum atomic E-state index is 0.580. The first kappa shape index (κ1) is 13.9. The Balaban J connectivity index is 2.28. The van der Waals surface area contributed by atoms with Crippen molar-refractivity contribution in [2.24, 2.45) is 0 Å². The molecule has 2 nitrogen and oxygen atoms in total. The van der Waals surface area contributed by atoms with Crippen LogP contribution in [0.4, 0.5) is 0 Å². The van der Waals surface area contributed by atoms with E-state index >= 15 is 0 Å². The van der Waals surface area contributed by atoms with Gasteiger partial charge < -0.3 is 0 Å². The number of nitriles is 1. The molecule has 1 aromatic carbocycles. The van der Waals surface area contributed by atoms with Crippen LogP contribution in [-0.4, -0.2) is 4.98 Å². The molecule has 0 atom stereocenters. The number of rotatable bonds is 3. The van der Waals surface area contributed by atoms with E-state index in [2.05, 4.69) is 23.2 Å². The highest BCUT2D eigenvalue weighted by Gasteiger charge is 2.13. The van der Waals surface area contributed by atoms with Crippen molar-refractivity contribution < 1.29 is 0 Å². The normalized spacial score (nSPS) is 10.2. The fourth-order valence-electron chi connectivity index (χ4n) is 1.76. The summed E-state index contributed by atoms with van der Waals surface area (Å²) in [6.07, 6.45) is 0. The topological polar surface area (TPSA) is 36.7 Å². The largest absolute Gasteiger partial charge is 0.244 e. The summed E-state index contributed by atoms with van der Waals surface area (Å²) in [5.74, 6) is 0.795. The van der Waals surface area contributed by atoms with E-state index in [1.54, 1.807) is 11.8 Å². The van der Waals surface area contributed by atoms with Gasteiger partial charge in [0.05, 0.1) is 16.3 Å². The molecule has 0 saturated heterocycles. The third-order valence-electron chi connectivity index (χ3n) is 2.84. The Hall–Kier alpha value is -1.50. The number of halogens is 1. The molecule has 96 valence electrons. The maximum Gasteiger partial charge on any atom is 0.115 e. The van der Waals surface area contributed by atoms with E-state index in [0.29, 0.717) is 10.6 Å². The average molecular weight is 289 g/mol. The Morgan fingerprint density at radius 3 is 2.58 bits per heavy atom. The Morgan fingerprint density at radius 1 is 1.26 bits per heavy atom. The van der Waals surface area contributed by atoms with Crippen molar-refractivity contribution in [2.45, 2.75) is 24.6 Å². The summed E-state index contributed by atoms with van der Waals surface area (Å²) < 4.78 is 0. The fourth-order valence-corrected chi connectivity index (χ4v) is 2.94. The van der Waals surface area contributed by atoms with Crippen molar-refractivity contribution >= 4 is 23.4 Å². The molecular weight excluding hydrogens is 276 g/mol. The van der Waals surface area contributed by atoms with E-state index < -0.39 is 0 Å². The van der Waals surface area contributed by atoms with E-state index in [1.165, 1.54) is 5.56 Å². The highest BCUT2D eigenvalue weighted by atomic mass is 35.5. The van der Waals surface area contributed by atoms with Crippen molar-refractivity contribution in [2.75, 3.05) is 0 Å². The predicted octanol–water partition coefficient (Wildman–Crippen LogP) is 4.52. The number of hydrogen-bond acceptors (Lipinski definition) is 3. The number of aromatic nitrogens is 1. The van der Waals surface area contributed by atoms with Crippen LogP contribution < -0.4 is 0 Å². The van der Waals surface area contributed by atoms with E-state index in [0.717, 1.165) is 22.0 Å². The molecule has 19 heavy (non-hydrogen) atoms. The summed E-state index contributed by atoms with van der Waals surface area (Å²) in [6, 6.07) is 12.3. The van der Waals surface area contributed by atoms with Crippen LogP contribution in [0.1, 0.15) is 22.4 Å². The molecule has 0 bridgehead atoms. The highest BCUT2D eigenvalue weighted by Crippen LogP contribution is 2.31. The summed E-state index contributed by atoms with van der Waals surface area (Å²) in [4.78, 5) is 4.43. The molecule has 0 aliphatic heterocycles. The fraction of sp³-hybridized carbons (Fsp3) is 0.200. The first-order valence-corrected chi connectivity index (χ1v) is 7.23. The maximum atomic E-state index is 9.25. The maximum absolute atomic E-state index is 9.25. The summed E-state index contributed by atoms with van der Waals surface area (Å²) in [5, 5.41) is 10.6. The molecule has 0 N–H and O–H groups in total. The predicted molar refractivity (Wildman–Crippen MR) is 79.4 cm³/mol. The van der Waals surface area contributed by atoms with E-state index in [1.807, 2.05) is 32.0 Å². The first-order chi connectivity index (χ1) is 9.13. The van der Waals surface area contributed by atoms with E-state index in [4.69, 9.17) is 11.6 Å². The minimum absolute atomic E-state index is 0.580. The zero-order valence-electron chi connectivity index (χ0n) is 10.8. The van der Waals surface area contributed by atoms with Gasteiger partial charge in [0.25, 0.3) is 0 Å². The van der Waals surface area contributed by atoms with Crippen molar-refractivity contribution in [3.05, 3.63) is 57.7 Å². The van der Waals surface area contributed by atoms with Crippen LogP contribution in [0.5, 0.6) is 0 Å². The van der Waals surface area contributed by atoms with Crippen LogP contribution in [0.25, 0.3) is 0 Å². The Bertz CT molecular complexity index is 633. The molecule has 4 heteroatoms. The molecule has 0 aliphatic rings. The van der Waals surface area contributed by atoms with Gasteiger partial charge in [0.2, 0.25) is 0 Å². The van der Waals surface area contributed by atoms with Gasteiger partial charge in [0, 0.05) is 5.75 Å². The highest BCUT2D eigenvalue weighted by molar-refractivity contribution is 7.98. The third-order valence-corrected chi connectivity index (χ3v) is 4.44. The number of benzene rings is 1. The molecule has 0 unspecified atom stereocenters. The van der Waals surface area contributed by atoms with Crippen molar-refractivity contribution in [1.29, 1.82) is 5.26 Å². The zero-order chi connectivity index (χ0) is 13.8. The van der Waals surface area contributed by atoms with Crippen LogP contribution in [0, 0.1) is 25.2 Å². The van der Waals surface area contributed by atoms with Crippen LogP contribution in [-0.2, 0) is 5.75 Å². The van der Waals surface area contributed by atoms with Gasteiger partial charge in [-0.2, -0.15) is 5.26 Å². The van der Waals surface area contributed by atoms with Gasteiger partial charge in [-0.3, -0.25) is 0 Å². The lowest BCUT2D eigenvalue weighted by atomic mass is 10.1. The molecule has 0 amide bonds. The molecule has 0 saturated carbocycles. The molecule has 0 fully saturated rings. The van der Waals surface area contributed by atoms with Gasteiger partial charge >= 0.3 is 0 Å². The van der Waals surface area contributed by atoms with Gasteiger partial charge in [0.15, 0.2) is 0 Å². The van der Waals surface area contributed by atoms with Crippen molar-refractivity contribution in [3.8, 4) is 6.07 Å². The van der Waals surface area contributed by atoms with Gasteiger partial charge in [-0.1, -0.05) is 41.9 Å². The summed E-state index contributed by atoms with van der Waals surface area (Å²) in [5.41, 5.74) is 3.38. The minimum Gasteiger partial charge on any atom is -0.244 e.